The second-order valence-electron chi connectivity index (χ2n) is 4.85. The Morgan fingerprint density at radius 2 is 2.21 bits per heavy atom. The predicted octanol–water partition coefficient (Wildman–Crippen LogP) is 0.938. The number of hydrogen-bond donors (Lipinski definition) is 1. The van der Waals surface area contributed by atoms with Crippen LogP contribution in [0.5, 0.6) is 0 Å². The van der Waals surface area contributed by atoms with Gasteiger partial charge in [-0.05, 0) is 11.8 Å². The first-order valence-corrected chi connectivity index (χ1v) is 5.65. The fourth-order valence-electron chi connectivity index (χ4n) is 1.74. The maximum atomic E-state index is 6.06. The average molecular weight is 200 g/mol. The van der Waals surface area contributed by atoms with Crippen molar-refractivity contribution >= 4 is 0 Å². The predicted molar refractivity (Wildman–Crippen MR) is 59.2 cm³/mol. The molecule has 3 nitrogen and oxygen atoms in total. The third-order valence-corrected chi connectivity index (χ3v) is 2.85. The van der Waals surface area contributed by atoms with E-state index in [4.69, 9.17) is 10.5 Å². The topological polar surface area (TPSA) is 38.5 Å². The molecule has 1 fully saturated rings. The molecule has 1 aliphatic heterocycles. The number of rotatable bonds is 3. The molecule has 0 spiro atoms. The van der Waals surface area contributed by atoms with E-state index in [1.54, 1.807) is 0 Å². The lowest BCUT2D eigenvalue weighted by molar-refractivity contribution is 0.125. The molecule has 2 N–H and O–H groups in total. The minimum absolute atomic E-state index is 0.292. The van der Waals surface area contributed by atoms with E-state index in [2.05, 4.69) is 25.7 Å². The van der Waals surface area contributed by atoms with Crippen LogP contribution in [0.15, 0.2) is 0 Å². The van der Waals surface area contributed by atoms with Gasteiger partial charge in [0.15, 0.2) is 0 Å². The normalized spacial score (nSPS) is 27.6. The van der Waals surface area contributed by atoms with Gasteiger partial charge in [-0.3, -0.25) is 4.90 Å². The van der Waals surface area contributed by atoms with Crippen LogP contribution in [0.2, 0.25) is 0 Å². The standard InChI is InChI=1S/C11H24N2O/c1-9(2)11(12)7-13-4-5-14-8-10(3)6-13/h9-11H,4-8,12H2,1-3H3/t10?,11-/m0/s1. The number of hydrogen-bond acceptors (Lipinski definition) is 3. The quantitative estimate of drug-likeness (QED) is 0.737. The molecule has 1 heterocycles. The van der Waals surface area contributed by atoms with Crippen LogP contribution in [-0.4, -0.2) is 43.8 Å². The van der Waals surface area contributed by atoms with Crippen LogP contribution in [0.4, 0.5) is 0 Å². The van der Waals surface area contributed by atoms with Gasteiger partial charge in [0.25, 0.3) is 0 Å². The Bertz CT molecular complexity index is 161. The fraction of sp³-hybridized carbons (Fsp3) is 1.00. The summed E-state index contributed by atoms with van der Waals surface area (Å²) in [5.41, 5.74) is 6.06. The summed E-state index contributed by atoms with van der Waals surface area (Å²) in [4.78, 5) is 2.43. The molecule has 0 aliphatic carbocycles. The molecular formula is C11H24N2O. The Labute approximate surface area is 87.6 Å². The van der Waals surface area contributed by atoms with E-state index in [-0.39, 0.29) is 0 Å². The van der Waals surface area contributed by atoms with Crippen molar-refractivity contribution < 1.29 is 4.74 Å². The zero-order valence-corrected chi connectivity index (χ0v) is 9.70. The Hall–Kier alpha value is -0.120. The van der Waals surface area contributed by atoms with Crippen LogP contribution in [0.1, 0.15) is 20.8 Å². The lowest BCUT2D eigenvalue weighted by atomic mass is 10.0. The van der Waals surface area contributed by atoms with Crippen LogP contribution in [0.3, 0.4) is 0 Å². The van der Waals surface area contributed by atoms with Gasteiger partial charge in [0.2, 0.25) is 0 Å². The molecule has 1 saturated heterocycles. The van der Waals surface area contributed by atoms with Crippen molar-refractivity contribution in [1.29, 1.82) is 0 Å². The highest BCUT2D eigenvalue weighted by atomic mass is 16.5. The molecule has 0 aromatic heterocycles. The molecule has 0 saturated carbocycles. The second-order valence-corrected chi connectivity index (χ2v) is 4.85. The summed E-state index contributed by atoms with van der Waals surface area (Å²) in [6, 6.07) is 0.292. The molecular weight excluding hydrogens is 176 g/mol. The molecule has 84 valence electrons. The first-order chi connectivity index (χ1) is 6.59. The molecule has 3 heteroatoms. The van der Waals surface area contributed by atoms with Crippen LogP contribution < -0.4 is 5.73 Å². The van der Waals surface area contributed by atoms with Gasteiger partial charge in [-0.25, -0.2) is 0 Å². The summed E-state index contributed by atoms with van der Waals surface area (Å²) in [5.74, 6) is 1.20. The minimum atomic E-state index is 0.292. The van der Waals surface area contributed by atoms with Crippen molar-refractivity contribution in [2.24, 2.45) is 17.6 Å². The third kappa shape index (κ3) is 3.95. The Balaban J connectivity index is 2.34. The minimum Gasteiger partial charge on any atom is -0.380 e. The highest BCUT2D eigenvalue weighted by Gasteiger charge is 2.18. The molecule has 1 rings (SSSR count). The maximum Gasteiger partial charge on any atom is 0.0593 e. The van der Waals surface area contributed by atoms with Gasteiger partial charge in [0, 0.05) is 25.7 Å². The fourth-order valence-corrected chi connectivity index (χ4v) is 1.74. The van der Waals surface area contributed by atoms with Crippen LogP contribution in [-0.2, 0) is 4.74 Å². The van der Waals surface area contributed by atoms with Gasteiger partial charge in [-0.2, -0.15) is 0 Å². The van der Waals surface area contributed by atoms with Gasteiger partial charge in [-0.1, -0.05) is 20.8 Å². The Morgan fingerprint density at radius 3 is 2.86 bits per heavy atom. The molecule has 1 unspecified atom stereocenters. The summed E-state index contributed by atoms with van der Waals surface area (Å²) in [7, 11) is 0. The molecule has 0 bridgehead atoms. The van der Waals surface area contributed by atoms with Crippen molar-refractivity contribution in [3.05, 3.63) is 0 Å². The van der Waals surface area contributed by atoms with Crippen LogP contribution in [0, 0.1) is 11.8 Å². The van der Waals surface area contributed by atoms with Gasteiger partial charge in [0.1, 0.15) is 0 Å². The van der Waals surface area contributed by atoms with Gasteiger partial charge < -0.3 is 10.5 Å². The molecule has 0 aromatic carbocycles. The van der Waals surface area contributed by atoms with Crippen molar-refractivity contribution in [2.45, 2.75) is 26.8 Å². The summed E-state index contributed by atoms with van der Waals surface area (Å²) in [6.45, 7) is 11.5. The van der Waals surface area contributed by atoms with E-state index in [9.17, 15) is 0 Å². The lowest BCUT2D eigenvalue weighted by Gasteiger charge is -2.26. The third-order valence-electron chi connectivity index (χ3n) is 2.85. The van der Waals surface area contributed by atoms with Crippen LogP contribution in [0.25, 0.3) is 0 Å². The second kappa shape index (κ2) is 5.69. The Kier molecular flexibility index (Phi) is 4.85. The van der Waals surface area contributed by atoms with E-state index in [1.807, 2.05) is 0 Å². The number of nitrogens with two attached hydrogens (primary N) is 1. The van der Waals surface area contributed by atoms with Crippen molar-refractivity contribution in [2.75, 3.05) is 32.8 Å². The van der Waals surface area contributed by atoms with Gasteiger partial charge in [-0.15, -0.1) is 0 Å². The zero-order valence-electron chi connectivity index (χ0n) is 9.70. The van der Waals surface area contributed by atoms with Crippen molar-refractivity contribution in [3.8, 4) is 0 Å². The monoisotopic (exact) mass is 200 g/mol. The molecule has 0 radical (unpaired) electrons. The zero-order chi connectivity index (χ0) is 10.6. The molecule has 0 aromatic rings. The average Bonchev–Trinajstić information content (AvgIpc) is 2.29. The van der Waals surface area contributed by atoms with E-state index in [0.29, 0.717) is 17.9 Å². The molecule has 14 heavy (non-hydrogen) atoms. The smallest absolute Gasteiger partial charge is 0.0593 e. The van der Waals surface area contributed by atoms with E-state index in [0.717, 1.165) is 32.8 Å². The summed E-state index contributed by atoms with van der Waals surface area (Å²) >= 11 is 0. The first kappa shape index (κ1) is 12.0. The summed E-state index contributed by atoms with van der Waals surface area (Å²) < 4.78 is 5.50. The largest absolute Gasteiger partial charge is 0.380 e. The molecule has 1 aliphatic rings. The van der Waals surface area contributed by atoms with Gasteiger partial charge in [0.05, 0.1) is 13.2 Å². The maximum absolute atomic E-state index is 6.06. The van der Waals surface area contributed by atoms with Gasteiger partial charge >= 0.3 is 0 Å². The van der Waals surface area contributed by atoms with E-state index >= 15 is 0 Å². The first-order valence-electron chi connectivity index (χ1n) is 5.65. The lowest BCUT2D eigenvalue weighted by Crippen LogP contribution is -2.42. The Morgan fingerprint density at radius 1 is 1.50 bits per heavy atom. The van der Waals surface area contributed by atoms with E-state index < -0.39 is 0 Å². The molecule has 0 amide bonds. The van der Waals surface area contributed by atoms with Crippen molar-refractivity contribution in [1.82, 2.24) is 4.90 Å². The number of nitrogens with zero attached hydrogens (tertiary/aromatic N) is 1. The highest BCUT2D eigenvalue weighted by molar-refractivity contribution is 4.74. The highest BCUT2D eigenvalue weighted by Crippen LogP contribution is 2.08. The SMILES string of the molecule is CC1COCCN(C[C@H](N)C(C)C)C1. The van der Waals surface area contributed by atoms with Crippen molar-refractivity contribution in [3.63, 3.8) is 0 Å². The van der Waals surface area contributed by atoms with Crippen LogP contribution >= 0.6 is 0 Å². The number of ether oxygens (including phenoxy) is 1. The molecule has 2 atom stereocenters. The van der Waals surface area contributed by atoms with E-state index in [1.165, 1.54) is 0 Å². The summed E-state index contributed by atoms with van der Waals surface area (Å²) in [5, 5.41) is 0. The summed E-state index contributed by atoms with van der Waals surface area (Å²) in [6.07, 6.45) is 0.